The van der Waals surface area contributed by atoms with Crippen molar-refractivity contribution in [3.05, 3.63) is 82.9 Å². The van der Waals surface area contributed by atoms with Gasteiger partial charge >= 0.3 is 0 Å². The summed E-state index contributed by atoms with van der Waals surface area (Å²) in [4.78, 5) is 12.8. The van der Waals surface area contributed by atoms with Gasteiger partial charge in [0, 0.05) is 12.7 Å². The zero-order chi connectivity index (χ0) is 23.1. The maximum absolute atomic E-state index is 12.8. The summed E-state index contributed by atoms with van der Waals surface area (Å²) in [6.07, 6.45) is 0. The van der Waals surface area contributed by atoms with Crippen LogP contribution in [0.4, 0.5) is 11.4 Å². The summed E-state index contributed by atoms with van der Waals surface area (Å²) < 4.78 is 38.7. The minimum absolute atomic E-state index is 0.0643. The lowest BCUT2D eigenvalue weighted by molar-refractivity contribution is 0.102. The van der Waals surface area contributed by atoms with Crippen molar-refractivity contribution in [3.8, 4) is 5.75 Å². The quantitative estimate of drug-likeness (QED) is 0.437. The molecule has 0 spiro atoms. The highest BCUT2D eigenvalue weighted by Crippen LogP contribution is 2.27. The van der Waals surface area contributed by atoms with E-state index in [0.717, 1.165) is 5.56 Å². The number of aryl methyl sites for hydroxylation is 1. The Labute approximate surface area is 192 Å². The average Bonchev–Trinajstić information content (AvgIpc) is 2.77. The lowest BCUT2D eigenvalue weighted by Crippen LogP contribution is -2.16. The average molecular weight is 475 g/mol. The second-order valence-electron chi connectivity index (χ2n) is 6.91. The third-order valence-corrected chi connectivity index (χ3v) is 6.15. The molecule has 3 aromatic carbocycles. The van der Waals surface area contributed by atoms with Gasteiger partial charge in [0.2, 0.25) is 0 Å². The van der Waals surface area contributed by atoms with Crippen LogP contribution in [0.3, 0.4) is 0 Å². The van der Waals surface area contributed by atoms with Crippen LogP contribution < -0.4 is 14.8 Å². The van der Waals surface area contributed by atoms with E-state index in [1.54, 1.807) is 43.5 Å². The minimum atomic E-state index is -3.95. The predicted octanol–water partition coefficient (Wildman–Crippen LogP) is 4.73. The molecule has 0 aliphatic rings. The second-order valence-corrected chi connectivity index (χ2v) is 9.00. The Balaban J connectivity index is 1.81. The monoisotopic (exact) mass is 474 g/mol. The molecule has 3 rings (SSSR count). The lowest BCUT2D eigenvalue weighted by atomic mass is 10.2. The topological polar surface area (TPSA) is 93.7 Å². The van der Waals surface area contributed by atoms with E-state index < -0.39 is 15.9 Å². The van der Waals surface area contributed by atoms with Crippen molar-refractivity contribution in [2.75, 3.05) is 30.4 Å². The number of anilines is 2. The van der Waals surface area contributed by atoms with Crippen molar-refractivity contribution < 1.29 is 22.7 Å². The first-order chi connectivity index (χ1) is 15.3. The van der Waals surface area contributed by atoms with Gasteiger partial charge in [-0.3, -0.25) is 9.52 Å². The number of sulfonamides is 1. The number of benzene rings is 3. The van der Waals surface area contributed by atoms with Gasteiger partial charge in [0.15, 0.2) is 0 Å². The van der Waals surface area contributed by atoms with Gasteiger partial charge in [0.1, 0.15) is 12.4 Å². The van der Waals surface area contributed by atoms with Gasteiger partial charge in [0.05, 0.1) is 27.9 Å². The van der Waals surface area contributed by atoms with Gasteiger partial charge in [0.25, 0.3) is 15.9 Å². The largest absolute Gasteiger partial charge is 0.489 e. The number of amides is 1. The molecule has 0 fully saturated rings. The standard InChI is InChI=1S/C23H23ClN2O5S/c1-16-10-11-21(22(14-16)31-13-12-30-2)25-23(27)17-6-5-7-18(15-17)32(28,29)26-20-9-4-3-8-19(20)24/h3-11,14-15,26H,12-13H2,1-2H3,(H,25,27). The SMILES string of the molecule is COCCOc1cc(C)ccc1NC(=O)c1cccc(S(=O)(=O)Nc2ccccc2Cl)c1. The van der Waals surface area contributed by atoms with Crippen LogP contribution in [0.5, 0.6) is 5.75 Å². The maximum Gasteiger partial charge on any atom is 0.261 e. The maximum atomic E-state index is 12.8. The highest BCUT2D eigenvalue weighted by Gasteiger charge is 2.18. The molecule has 1 amide bonds. The van der Waals surface area contributed by atoms with E-state index in [0.29, 0.717) is 24.7 Å². The van der Waals surface area contributed by atoms with E-state index in [4.69, 9.17) is 21.1 Å². The Morgan fingerprint density at radius 2 is 1.75 bits per heavy atom. The van der Waals surface area contributed by atoms with Crippen LogP contribution in [0.25, 0.3) is 0 Å². The van der Waals surface area contributed by atoms with Crippen molar-refractivity contribution in [2.45, 2.75) is 11.8 Å². The summed E-state index contributed by atoms with van der Waals surface area (Å²) >= 11 is 6.05. The number of carbonyl (C=O) groups excluding carboxylic acids is 1. The molecule has 3 aromatic rings. The third-order valence-electron chi connectivity index (χ3n) is 4.46. The summed E-state index contributed by atoms with van der Waals surface area (Å²) in [6, 6.07) is 17.6. The van der Waals surface area contributed by atoms with Crippen molar-refractivity contribution in [3.63, 3.8) is 0 Å². The number of hydrogen-bond acceptors (Lipinski definition) is 5. The van der Waals surface area contributed by atoms with E-state index in [9.17, 15) is 13.2 Å². The number of carbonyl (C=O) groups is 1. The minimum Gasteiger partial charge on any atom is -0.489 e. The molecule has 0 aromatic heterocycles. The first kappa shape index (κ1) is 23.6. The van der Waals surface area contributed by atoms with Crippen LogP contribution in [0.2, 0.25) is 5.02 Å². The van der Waals surface area contributed by atoms with Crippen LogP contribution in [-0.4, -0.2) is 34.6 Å². The molecule has 0 aliphatic carbocycles. The van der Waals surface area contributed by atoms with Crippen molar-refractivity contribution >= 4 is 38.9 Å². The van der Waals surface area contributed by atoms with Crippen LogP contribution >= 0.6 is 11.6 Å². The van der Waals surface area contributed by atoms with Crippen LogP contribution in [-0.2, 0) is 14.8 Å². The van der Waals surface area contributed by atoms with E-state index in [2.05, 4.69) is 10.0 Å². The molecule has 9 heteroatoms. The van der Waals surface area contributed by atoms with Crippen LogP contribution in [0, 0.1) is 6.92 Å². The third kappa shape index (κ3) is 6.00. The predicted molar refractivity (Wildman–Crippen MR) is 125 cm³/mol. The summed E-state index contributed by atoms with van der Waals surface area (Å²) in [5.41, 5.74) is 1.87. The fourth-order valence-corrected chi connectivity index (χ4v) is 4.20. The number of para-hydroxylation sites is 1. The first-order valence-electron chi connectivity index (χ1n) is 9.71. The number of halogens is 1. The van der Waals surface area contributed by atoms with Crippen molar-refractivity contribution in [1.82, 2.24) is 0 Å². The van der Waals surface area contributed by atoms with Gasteiger partial charge in [-0.15, -0.1) is 0 Å². The summed E-state index contributed by atoms with van der Waals surface area (Å²) in [7, 11) is -2.37. The molecule has 0 saturated heterocycles. The highest BCUT2D eigenvalue weighted by molar-refractivity contribution is 7.92. The summed E-state index contributed by atoms with van der Waals surface area (Å²) in [5.74, 6) is 0.0276. The molecule has 0 radical (unpaired) electrons. The molecule has 7 nitrogen and oxygen atoms in total. The van der Waals surface area contributed by atoms with Crippen molar-refractivity contribution in [2.24, 2.45) is 0 Å². The lowest BCUT2D eigenvalue weighted by Gasteiger charge is -2.14. The molecule has 0 bridgehead atoms. The fraction of sp³-hybridized carbons (Fsp3) is 0.174. The summed E-state index contributed by atoms with van der Waals surface area (Å²) in [5, 5.41) is 3.05. The smallest absolute Gasteiger partial charge is 0.261 e. The van der Waals surface area contributed by atoms with E-state index in [1.807, 2.05) is 13.0 Å². The Kier molecular flexibility index (Phi) is 7.74. The first-order valence-corrected chi connectivity index (χ1v) is 11.6. The Morgan fingerprint density at radius 1 is 0.969 bits per heavy atom. The zero-order valence-corrected chi connectivity index (χ0v) is 19.2. The van der Waals surface area contributed by atoms with Crippen LogP contribution in [0.1, 0.15) is 15.9 Å². The summed E-state index contributed by atoms with van der Waals surface area (Å²) in [6.45, 7) is 2.64. The zero-order valence-electron chi connectivity index (χ0n) is 17.6. The number of ether oxygens (including phenoxy) is 2. The van der Waals surface area contributed by atoms with E-state index in [-0.39, 0.29) is 21.2 Å². The van der Waals surface area contributed by atoms with Gasteiger partial charge in [-0.25, -0.2) is 8.42 Å². The number of nitrogens with one attached hydrogen (secondary N) is 2. The number of rotatable bonds is 9. The molecule has 0 aliphatic heterocycles. The molecule has 0 atom stereocenters. The molecule has 0 unspecified atom stereocenters. The Bertz CT molecular complexity index is 1210. The highest BCUT2D eigenvalue weighted by atomic mass is 35.5. The van der Waals surface area contributed by atoms with Gasteiger partial charge in [-0.05, 0) is 55.0 Å². The van der Waals surface area contributed by atoms with E-state index >= 15 is 0 Å². The molecule has 32 heavy (non-hydrogen) atoms. The number of methoxy groups -OCH3 is 1. The number of hydrogen-bond donors (Lipinski definition) is 2. The molecule has 0 heterocycles. The second kappa shape index (κ2) is 10.5. The molecule has 168 valence electrons. The fourth-order valence-electron chi connectivity index (χ4n) is 2.83. The van der Waals surface area contributed by atoms with Crippen LogP contribution in [0.15, 0.2) is 71.6 Å². The van der Waals surface area contributed by atoms with E-state index in [1.165, 1.54) is 24.3 Å². The van der Waals surface area contributed by atoms with Gasteiger partial charge in [-0.2, -0.15) is 0 Å². The Hall–Kier alpha value is -3.07. The normalized spacial score (nSPS) is 11.1. The molecule has 0 saturated carbocycles. The van der Waals surface area contributed by atoms with Crippen molar-refractivity contribution in [1.29, 1.82) is 0 Å². The molecular formula is C23H23ClN2O5S. The Morgan fingerprint density at radius 3 is 2.50 bits per heavy atom. The molecular weight excluding hydrogens is 452 g/mol. The van der Waals surface area contributed by atoms with Gasteiger partial charge in [-0.1, -0.05) is 35.9 Å². The van der Waals surface area contributed by atoms with Gasteiger partial charge < -0.3 is 14.8 Å². The molecule has 2 N–H and O–H groups in total.